The van der Waals surface area contributed by atoms with Crippen LogP contribution in [0.4, 0.5) is 20.6 Å². The summed E-state index contributed by atoms with van der Waals surface area (Å²) < 4.78 is 12.9. The Morgan fingerprint density at radius 1 is 1.47 bits per heavy atom. The maximum atomic E-state index is 12.9. The summed E-state index contributed by atoms with van der Waals surface area (Å²) in [4.78, 5) is 20.5. The summed E-state index contributed by atoms with van der Waals surface area (Å²) in [5, 5.41) is 14.8. The molecule has 2 amide bonds. The molecule has 1 rings (SSSR count). The molecule has 0 aliphatic carbocycles. The lowest BCUT2D eigenvalue weighted by atomic mass is 10.2. The lowest BCUT2D eigenvalue weighted by Crippen LogP contribution is -2.24. The van der Waals surface area contributed by atoms with Gasteiger partial charge >= 0.3 is 6.03 Å². The number of amides is 2. The molecule has 0 fully saturated rings. The quantitative estimate of drug-likeness (QED) is 0.576. The molecule has 0 unspecified atom stereocenters. The highest BCUT2D eigenvalue weighted by Crippen LogP contribution is 2.19. The fourth-order valence-corrected chi connectivity index (χ4v) is 0.945. The van der Waals surface area contributed by atoms with Crippen molar-refractivity contribution in [2.24, 2.45) is 0 Å². The molecule has 1 aromatic rings. The topological polar surface area (TPSA) is 84.3 Å². The van der Waals surface area contributed by atoms with Crippen LogP contribution < -0.4 is 10.6 Å². The second-order valence-electron chi connectivity index (χ2n) is 2.66. The van der Waals surface area contributed by atoms with Gasteiger partial charge in [-0.25, -0.2) is 9.18 Å². The minimum Gasteiger partial charge on any atom is -0.341 e. The van der Waals surface area contributed by atoms with Crippen molar-refractivity contribution in [1.82, 2.24) is 5.32 Å². The first kappa shape index (κ1) is 10.9. The molecule has 0 aromatic heterocycles. The SMILES string of the molecule is CNC(=O)Nc1cc(F)cc([N+](=O)[O-])c1. The molecular weight excluding hydrogens is 205 g/mol. The van der Waals surface area contributed by atoms with Crippen molar-refractivity contribution >= 4 is 17.4 Å². The Labute approximate surface area is 84.2 Å². The average molecular weight is 213 g/mol. The van der Waals surface area contributed by atoms with Gasteiger partial charge in [0.15, 0.2) is 0 Å². The van der Waals surface area contributed by atoms with Gasteiger partial charge in [0.05, 0.1) is 16.7 Å². The molecule has 7 heteroatoms. The number of urea groups is 1. The summed E-state index contributed by atoms with van der Waals surface area (Å²) in [6, 6.07) is 2.25. The number of nitro groups is 1. The van der Waals surface area contributed by atoms with Crippen molar-refractivity contribution in [2.45, 2.75) is 0 Å². The van der Waals surface area contributed by atoms with Gasteiger partial charge in [-0.2, -0.15) is 0 Å². The molecule has 0 atom stereocenters. The average Bonchev–Trinajstić information content (AvgIpc) is 2.16. The first-order valence-corrected chi connectivity index (χ1v) is 3.96. The van der Waals surface area contributed by atoms with E-state index >= 15 is 0 Å². The first-order valence-electron chi connectivity index (χ1n) is 3.96. The van der Waals surface area contributed by atoms with Gasteiger partial charge in [0.25, 0.3) is 5.69 Å². The molecule has 6 nitrogen and oxygen atoms in total. The third-order valence-electron chi connectivity index (χ3n) is 1.58. The lowest BCUT2D eigenvalue weighted by molar-refractivity contribution is -0.385. The molecule has 15 heavy (non-hydrogen) atoms. The minimum atomic E-state index is -0.782. The highest BCUT2D eigenvalue weighted by atomic mass is 19.1. The molecule has 0 radical (unpaired) electrons. The van der Waals surface area contributed by atoms with E-state index in [4.69, 9.17) is 0 Å². The van der Waals surface area contributed by atoms with E-state index in [9.17, 15) is 19.3 Å². The van der Waals surface area contributed by atoms with Gasteiger partial charge in [-0.1, -0.05) is 0 Å². The zero-order chi connectivity index (χ0) is 11.4. The van der Waals surface area contributed by atoms with Crippen LogP contribution in [0, 0.1) is 15.9 Å². The molecule has 80 valence electrons. The van der Waals surface area contributed by atoms with E-state index in [1.54, 1.807) is 0 Å². The Kier molecular flexibility index (Phi) is 3.17. The Morgan fingerprint density at radius 2 is 2.13 bits per heavy atom. The van der Waals surface area contributed by atoms with Gasteiger partial charge in [0.2, 0.25) is 0 Å². The Hall–Kier alpha value is -2.18. The van der Waals surface area contributed by atoms with Crippen LogP contribution >= 0.6 is 0 Å². The largest absolute Gasteiger partial charge is 0.341 e. The van der Waals surface area contributed by atoms with E-state index in [0.717, 1.165) is 18.2 Å². The summed E-state index contributed by atoms with van der Waals surface area (Å²) in [6.45, 7) is 0. The summed E-state index contributed by atoms with van der Waals surface area (Å²) in [7, 11) is 1.38. The number of carbonyl (C=O) groups is 1. The highest BCUT2D eigenvalue weighted by molar-refractivity contribution is 5.89. The molecule has 2 N–H and O–H groups in total. The van der Waals surface area contributed by atoms with Gasteiger partial charge in [-0.15, -0.1) is 0 Å². The van der Waals surface area contributed by atoms with Gasteiger partial charge in [-0.05, 0) is 6.07 Å². The zero-order valence-corrected chi connectivity index (χ0v) is 7.78. The van der Waals surface area contributed by atoms with E-state index in [0.29, 0.717) is 0 Å². The monoisotopic (exact) mass is 213 g/mol. The van der Waals surface area contributed by atoms with Crippen molar-refractivity contribution in [3.05, 3.63) is 34.1 Å². The van der Waals surface area contributed by atoms with Crippen molar-refractivity contribution in [2.75, 3.05) is 12.4 Å². The minimum absolute atomic E-state index is 0.0288. The van der Waals surface area contributed by atoms with Crippen LogP contribution in [0.3, 0.4) is 0 Å². The van der Waals surface area contributed by atoms with Gasteiger partial charge < -0.3 is 10.6 Å². The number of nitrogens with zero attached hydrogens (tertiary/aromatic N) is 1. The van der Waals surface area contributed by atoms with Crippen LogP contribution in [-0.2, 0) is 0 Å². The number of rotatable bonds is 2. The molecular formula is C8H8FN3O3. The van der Waals surface area contributed by atoms with Crippen molar-refractivity contribution in [1.29, 1.82) is 0 Å². The summed E-state index contributed by atoms with van der Waals surface area (Å²) in [5.41, 5.74) is -0.387. The Bertz CT molecular complexity index is 408. The third kappa shape index (κ3) is 2.90. The van der Waals surface area contributed by atoms with E-state index < -0.39 is 22.5 Å². The van der Waals surface area contributed by atoms with Crippen LogP contribution in [-0.4, -0.2) is 18.0 Å². The van der Waals surface area contributed by atoms with Gasteiger partial charge in [-0.3, -0.25) is 10.1 Å². The molecule has 1 aromatic carbocycles. The number of nitro benzene ring substituents is 1. The Balaban J connectivity index is 2.98. The molecule has 0 aliphatic heterocycles. The molecule has 0 bridgehead atoms. The van der Waals surface area contributed by atoms with Crippen LogP contribution in [0.2, 0.25) is 0 Å². The van der Waals surface area contributed by atoms with Crippen molar-refractivity contribution < 1.29 is 14.1 Å². The number of nitrogens with one attached hydrogen (secondary N) is 2. The number of hydrogen-bond acceptors (Lipinski definition) is 3. The molecule has 0 spiro atoms. The zero-order valence-electron chi connectivity index (χ0n) is 7.78. The van der Waals surface area contributed by atoms with Crippen LogP contribution in [0.25, 0.3) is 0 Å². The van der Waals surface area contributed by atoms with Gasteiger partial charge in [0, 0.05) is 13.1 Å². The highest BCUT2D eigenvalue weighted by Gasteiger charge is 2.10. The number of carbonyl (C=O) groups excluding carboxylic acids is 1. The molecule has 0 heterocycles. The predicted molar refractivity (Wildman–Crippen MR) is 51.1 cm³/mol. The number of non-ortho nitro benzene ring substituents is 1. The first-order chi connectivity index (χ1) is 7.02. The smallest absolute Gasteiger partial charge is 0.318 e. The maximum absolute atomic E-state index is 12.9. The Morgan fingerprint density at radius 3 is 2.67 bits per heavy atom. The molecule has 0 saturated heterocycles. The van der Waals surface area contributed by atoms with Crippen molar-refractivity contribution in [3.8, 4) is 0 Å². The van der Waals surface area contributed by atoms with Crippen molar-refractivity contribution in [3.63, 3.8) is 0 Å². The normalized spacial score (nSPS) is 9.47. The molecule has 0 saturated carbocycles. The van der Waals surface area contributed by atoms with E-state index in [1.165, 1.54) is 7.05 Å². The summed E-state index contributed by atoms with van der Waals surface area (Å²) in [6.07, 6.45) is 0. The summed E-state index contributed by atoms with van der Waals surface area (Å²) >= 11 is 0. The van der Waals surface area contributed by atoms with Crippen LogP contribution in [0.5, 0.6) is 0 Å². The predicted octanol–water partition coefficient (Wildman–Crippen LogP) is 1.49. The third-order valence-corrected chi connectivity index (χ3v) is 1.58. The fourth-order valence-electron chi connectivity index (χ4n) is 0.945. The molecule has 0 aliphatic rings. The van der Waals surface area contributed by atoms with E-state index in [2.05, 4.69) is 10.6 Å². The fraction of sp³-hybridized carbons (Fsp3) is 0.125. The van der Waals surface area contributed by atoms with E-state index in [1.807, 2.05) is 0 Å². The second kappa shape index (κ2) is 4.36. The van der Waals surface area contributed by atoms with Crippen LogP contribution in [0.15, 0.2) is 18.2 Å². The number of anilines is 1. The standard InChI is InChI=1S/C8H8FN3O3/c1-10-8(13)11-6-2-5(9)3-7(4-6)12(14)15/h2-4H,1H3,(H2,10,11,13). The number of hydrogen-bond donors (Lipinski definition) is 2. The van der Waals surface area contributed by atoms with Gasteiger partial charge in [0.1, 0.15) is 5.82 Å². The number of benzene rings is 1. The lowest BCUT2D eigenvalue weighted by Gasteiger charge is -2.03. The maximum Gasteiger partial charge on any atom is 0.318 e. The summed E-state index contributed by atoms with van der Waals surface area (Å²) in [5.74, 6) is -0.782. The second-order valence-corrected chi connectivity index (χ2v) is 2.66. The van der Waals surface area contributed by atoms with Crippen LogP contribution in [0.1, 0.15) is 0 Å². The number of halogens is 1. The van der Waals surface area contributed by atoms with E-state index in [-0.39, 0.29) is 5.69 Å².